The second-order valence-electron chi connectivity index (χ2n) is 7.15. The zero-order valence-electron chi connectivity index (χ0n) is 14.6. The van der Waals surface area contributed by atoms with Gasteiger partial charge in [-0.3, -0.25) is 4.79 Å². The van der Waals surface area contributed by atoms with Gasteiger partial charge in [-0.15, -0.1) is 0 Å². The number of nitrogens with one attached hydrogen (secondary N) is 1. The summed E-state index contributed by atoms with van der Waals surface area (Å²) in [7, 11) is 0. The summed E-state index contributed by atoms with van der Waals surface area (Å²) in [6.45, 7) is 1.88. The number of H-pyrrole nitrogens is 1. The second kappa shape index (κ2) is 6.74. The number of amides is 1. The summed E-state index contributed by atoms with van der Waals surface area (Å²) in [4.78, 5) is 21.5. The van der Waals surface area contributed by atoms with E-state index in [9.17, 15) is 9.90 Å². The van der Waals surface area contributed by atoms with Crippen molar-refractivity contribution in [2.75, 3.05) is 19.7 Å². The first-order valence-corrected chi connectivity index (χ1v) is 9.05. The van der Waals surface area contributed by atoms with Gasteiger partial charge in [-0.1, -0.05) is 6.07 Å². The third-order valence-corrected chi connectivity index (χ3v) is 5.52. The summed E-state index contributed by atoms with van der Waals surface area (Å²) in [5.41, 5.74) is 8.91. The molecule has 4 rings (SSSR count). The number of carbonyl (C=O) groups is 1. The maximum atomic E-state index is 12.7. The van der Waals surface area contributed by atoms with Crippen LogP contribution >= 0.6 is 0 Å². The first kappa shape index (κ1) is 17.1. The SMILES string of the molecule is N[C@@H](Cc1cnc[nH]1)C(=O)N1CCC2(CC1)OCCc1cc(O)ccc12. The van der Waals surface area contributed by atoms with Crippen molar-refractivity contribution in [1.82, 2.24) is 14.9 Å². The molecule has 2 aliphatic rings. The Morgan fingerprint density at radius 2 is 2.23 bits per heavy atom. The molecule has 1 amide bonds. The fourth-order valence-corrected chi connectivity index (χ4v) is 4.12. The molecule has 1 saturated heterocycles. The Morgan fingerprint density at radius 3 is 2.96 bits per heavy atom. The topological polar surface area (TPSA) is 104 Å². The molecule has 1 fully saturated rings. The highest BCUT2D eigenvalue weighted by atomic mass is 16.5. The van der Waals surface area contributed by atoms with E-state index in [-0.39, 0.29) is 17.3 Å². The van der Waals surface area contributed by atoms with E-state index < -0.39 is 6.04 Å². The minimum Gasteiger partial charge on any atom is -0.508 e. The summed E-state index contributed by atoms with van der Waals surface area (Å²) in [6, 6.07) is 4.94. The Hall–Kier alpha value is -2.38. The van der Waals surface area contributed by atoms with Crippen LogP contribution in [0, 0.1) is 0 Å². The average Bonchev–Trinajstić information content (AvgIpc) is 3.15. The maximum absolute atomic E-state index is 12.7. The van der Waals surface area contributed by atoms with Crippen LogP contribution in [0.25, 0.3) is 0 Å². The van der Waals surface area contributed by atoms with Gasteiger partial charge in [0.2, 0.25) is 5.91 Å². The molecule has 1 spiro atoms. The molecule has 0 unspecified atom stereocenters. The van der Waals surface area contributed by atoms with Gasteiger partial charge in [-0.25, -0.2) is 4.98 Å². The maximum Gasteiger partial charge on any atom is 0.239 e. The third kappa shape index (κ3) is 3.08. The largest absolute Gasteiger partial charge is 0.508 e. The van der Waals surface area contributed by atoms with Crippen LogP contribution in [-0.2, 0) is 28.0 Å². The lowest BCUT2D eigenvalue weighted by atomic mass is 9.79. The number of benzene rings is 1. The van der Waals surface area contributed by atoms with Crippen molar-refractivity contribution in [1.29, 1.82) is 0 Å². The molecule has 2 aromatic rings. The number of phenols is 1. The Kier molecular flexibility index (Phi) is 4.42. The van der Waals surface area contributed by atoms with Crippen LogP contribution in [0.3, 0.4) is 0 Å². The number of ether oxygens (including phenoxy) is 1. The number of aromatic hydroxyl groups is 1. The van der Waals surface area contributed by atoms with Crippen molar-refractivity contribution < 1.29 is 14.6 Å². The Balaban J connectivity index is 1.44. The lowest BCUT2D eigenvalue weighted by Gasteiger charge is -2.45. The lowest BCUT2D eigenvalue weighted by Crippen LogP contribution is -2.52. The van der Waals surface area contributed by atoms with E-state index in [1.54, 1.807) is 18.6 Å². The van der Waals surface area contributed by atoms with Crippen LogP contribution in [0.2, 0.25) is 0 Å². The summed E-state index contributed by atoms with van der Waals surface area (Å²) in [6.07, 6.45) is 6.04. The fourth-order valence-electron chi connectivity index (χ4n) is 4.12. The second-order valence-corrected chi connectivity index (χ2v) is 7.15. The van der Waals surface area contributed by atoms with Crippen LogP contribution < -0.4 is 5.73 Å². The van der Waals surface area contributed by atoms with E-state index in [2.05, 4.69) is 9.97 Å². The highest BCUT2D eigenvalue weighted by molar-refractivity contribution is 5.82. The molecule has 1 aromatic carbocycles. The lowest BCUT2D eigenvalue weighted by molar-refractivity contribution is -0.142. The predicted molar refractivity (Wildman–Crippen MR) is 95.5 cm³/mol. The first-order chi connectivity index (χ1) is 12.6. The molecule has 0 radical (unpaired) electrons. The molecule has 1 atom stereocenters. The van der Waals surface area contributed by atoms with Gasteiger partial charge in [0, 0.05) is 31.4 Å². The molecular formula is C19H24N4O3. The number of rotatable bonds is 3. The number of imidazole rings is 1. The molecule has 7 nitrogen and oxygen atoms in total. The normalized spacial score (nSPS) is 20.0. The van der Waals surface area contributed by atoms with Crippen molar-refractivity contribution in [3.05, 3.63) is 47.5 Å². The monoisotopic (exact) mass is 356 g/mol. The molecule has 0 aliphatic carbocycles. The van der Waals surface area contributed by atoms with Gasteiger partial charge in [-0.05, 0) is 42.5 Å². The number of aromatic amines is 1. The molecule has 0 bridgehead atoms. The number of likely N-dealkylation sites (tertiary alicyclic amines) is 1. The summed E-state index contributed by atoms with van der Waals surface area (Å²) in [5.74, 6) is 0.259. The van der Waals surface area contributed by atoms with Crippen LogP contribution in [0.4, 0.5) is 0 Å². The highest BCUT2D eigenvalue weighted by Gasteiger charge is 2.42. The van der Waals surface area contributed by atoms with E-state index in [0.29, 0.717) is 26.1 Å². The van der Waals surface area contributed by atoms with Crippen LogP contribution in [0.1, 0.15) is 29.7 Å². The van der Waals surface area contributed by atoms with E-state index in [4.69, 9.17) is 10.5 Å². The molecule has 0 saturated carbocycles. The van der Waals surface area contributed by atoms with E-state index >= 15 is 0 Å². The molecule has 3 heterocycles. The quantitative estimate of drug-likeness (QED) is 0.763. The van der Waals surface area contributed by atoms with Gasteiger partial charge in [0.25, 0.3) is 0 Å². The molecule has 138 valence electrons. The third-order valence-electron chi connectivity index (χ3n) is 5.52. The van der Waals surface area contributed by atoms with Gasteiger partial charge >= 0.3 is 0 Å². The fraction of sp³-hybridized carbons (Fsp3) is 0.474. The highest BCUT2D eigenvalue weighted by Crippen LogP contribution is 2.42. The Labute approximate surface area is 152 Å². The van der Waals surface area contributed by atoms with Gasteiger partial charge in [-0.2, -0.15) is 0 Å². The van der Waals surface area contributed by atoms with Crippen molar-refractivity contribution >= 4 is 5.91 Å². The number of fused-ring (bicyclic) bond motifs is 2. The van der Waals surface area contributed by atoms with Gasteiger partial charge in [0.05, 0.1) is 24.6 Å². The molecular weight excluding hydrogens is 332 g/mol. The molecule has 4 N–H and O–H groups in total. The Morgan fingerprint density at radius 1 is 1.42 bits per heavy atom. The summed E-state index contributed by atoms with van der Waals surface area (Å²) >= 11 is 0. The number of carbonyl (C=O) groups excluding carboxylic acids is 1. The van der Waals surface area contributed by atoms with E-state index in [1.165, 1.54) is 0 Å². The Bertz CT molecular complexity index is 782. The average molecular weight is 356 g/mol. The van der Waals surface area contributed by atoms with E-state index in [0.717, 1.165) is 36.1 Å². The summed E-state index contributed by atoms with van der Waals surface area (Å²) in [5, 5.41) is 9.74. The number of hydrogen-bond donors (Lipinski definition) is 3. The van der Waals surface area contributed by atoms with Gasteiger partial charge in [0.15, 0.2) is 0 Å². The standard InChI is InChI=1S/C19H24N4O3/c20-17(10-14-11-21-12-22-14)18(25)23-6-4-19(5-7-23)16-2-1-15(24)9-13(16)3-8-26-19/h1-2,9,11-12,17,24H,3-8,10,20H2,(H,21,22)/t17-/m0/s1. The number of phenolic OH excluding ortho intramolecular Hbond substituents is 1. The molecule has 1 aromatic heterocycles. The zero-order chi connectivity index (χ0) is 18.1. The number of nitrogens with zero attached hydrogens (tertiary/aromatic N) is 2. The van der Waals surface area contributed by atoms with Crippen LogP contribution in [-0.4, -0.2) is 51.6 Å². The van der Waals surface area contributed by atoms with Crippen molar-refractivity contribution in [3.8, 4) is 5.75 Å². The number of aromatic nitrogens is 2. The van der Waals surface area contributed by atoms with E-state index in [1.807, 2.05) is 17.0 Å². The van der Waals surface area contributed by atoms with Crippen molar-refractivity contribution in [3.63, 3.8) is 0 Å². The van der Waals surface area contributed by atoms with Crippen molar-refractivity contribution in [2.45, 2.75) is 37.3 Å². The summed E-state index contributed by atoms with van der Waals surface area (Å²) < 4.78 is 6.18. The molecule has 7 heteroatoms. The number of piperidine rings is 1. The van der Waals surface area contributed by atoms with Gasteiger partial charge < -0.3 is 25.5 Å². The zero-order valence-corrected chi connectivity index (χ0v) is 14.6. The van der Waals surface area contributed by atoms with Crippen LogP contribution in [0.5, 0.6) is 5.75 Å². The predicted octanol–water partition coefficient (Wildman–Crippen LogP) is 1.08. The van der Waals surface area contributed by atoms with Gasteiger partial charge in [0.1, 0.15) is 5.75 Å². The van der Waals surface area contributed by atoms with Crippen molar-refractivity contribution in [2.24, 2.45) is 5.73 Å². The minimum absolute atomic E-state index is 0.0313. The molecule has 2 aliphatic heterocycles. The smallest absolute Gasteiger partial charge is 0.239 e. The van der Waals surface area contributed by atoms with Crippen LogP contribution in [0.15, 0.2) is 30.7 Å². The first-order valence-electron chi connectivity index (χ1n) is 9.05. The number of nitrogens with two attached hydrogens (primary N) is 1. The number of hydrogen-bond acceptors (Lipinski definition) is 5. The minimum atomic E-state index is -0.569. The molecule has 26 heavy (non-hydrogen) atoms.